The van der Waals surface area contributed by atoms with Gasteiger partial charge < -0.3 is 24.4 Å². The van der Waals surface area contributed by atoms with Gasteiger partial charge in [-0.3, -0.25) is 0 Å². The van der Waals surface area contributed by atoms with Gasteiger partial charge in [0, 0.05) is 36.0 Å². The first-order chi connectivity index (χ1) is 20.5. The lowest BCUT2D eigenvalue weighted by Gasteiger charge is -2.26. The van der Waals surface area contributed by atoms with Crippen molar-refractivity contribution in [2.45, 2.75) is 97.6 Å². The van der Waals surface area contributed by atoms with Gasteiger partial charge in [0.1, 0.15) is 11.9 Å². The SMILES string of the molecule is Cc1ccc(C#Cc2ccc3c(c2)C[C@H](CCC(O)OC[C@]2(CO)C/C(=C\CC(CC(C)C)CC(C)C)C(=O)O2)O3)cc1. The van der Waals surface area contributed by atoms with E-state index in [-0.39, 0.29) is 25.7 Å². The minimum atomic E-state index is -1.16. The number of esters is 1. The molecule has 0 bridgehead atoms. The Morgan fingerprint density at radius 1 is 1.05 bits per heavy atom. The second-order valence-corrected chi connectivity index (χ2v) is 13.2. The molecule has 2 aliphatic rings. The van der Waals surface area contributed by atoms with Crippen LogP contribution in [0.2, 0.25) is 0 Å². The molecule has 1 saturated heterocycles. The number of carbonyl (C=O) groups excluding carboxylic acids is 1. The summed E-state index contributed by atoms with van der Waals surface area (Å²) in [7, 11) is 0. The minimum absolute atomic E-state index is 0.0656. The predicted octanol–water partition coefficient (Wildman–Crippen LogP) is 6.52. The van der Waals surface area contributed by atoms with Crippen molar-refractivity contribution in [3.05, 3.63) is 76.4 Å². The highest BCUT2D eigenvalue weighted by atomic mass is 16.6. The second kappa shape index (κ2) is 15.1. The first-order valence-corrected chi connectivity index (χ1v) is 15.8. The second-order valence-electron chi connectivity index (χ2n) is 13.2. The minimum Gasteiger partial charge on any atom is -0.490 e. The van der Waals surface area contributed by atoms with Crippen LogP contribution in [0.25, 0.3) is 0 Å². The molecule has 0 aromatic heterocycles. The third kappa shape index (κ3) is 9.69. The van der Waals surface area contributed by atoms with Crippen molar-refractivity contribution in [2.75, 3.05) is 13.2 Å². The molecule has 0 aliphatic carbocycles. The maximum atomic E-state index is 12.7. The van der Waals surface area contributed by atoms with E-state index in [1.165, 1.54) is 5.56 Å². The van der Waals surface area contributed by atoms with Gasteiger partial charge in [0.05, 0.1) is 13.2 Å². The van der Waals surface area contributed by atoms with Gasteiger partial charge in [-0.25, -0.2) is 4.79 Å². The molecule has 0 amide bonds. The van der Waals surface area contributed by atoms with E-state index in [2.05, 4.69) is 64.7 Å². The van der Waals surface area contributed by atoms with Gasteiger partial charge in [0.25, 0.3) is 0 Å². The molecule has 1 fully saturated rings. The third-order valence-corrected chi connectivity index (χ3v) is 8.16. The summed E-state index contributed by atoms with van der Waals surface area (Å²) in [5.74, 6) is 8.58. The van der Waals surface area contributed by atoms with Crippen molar-refractivity contribution in [1.82, 2.24) is 0 Å². The van der Waals surface area contributed by atoms with Gasteiger partial charge in [-0.05, 0) is 86.3 Å². The Morgan fingerprint density at radius 3 is 2.40 bits per heavy atom. The number of ether oxygens (including phenoxy) is 3. The van der Waals surface area contributed by atoms with Crippen molar-refractivity contribution in [3.8, 4) is 17.6 Å². The standard InChI is InChI=1S/C37H48O6/c1-25(2)18-30(19-26(3)4)12-14-31-22-37(23-38,43-36(31)40)24-41-35(39)17-15-33-21-32-20-29(13-16-34(32)42-33)11-10-28-8-6-27(5)7-9-28/h6-9,13-14,16,20,25-26,30,33,35,38-39H,12,15,17-19,21-24H2,1-5H3/b31-14+/t33-,35?,37+/m0/s1. The normalized spacial score (nSPS) is 21.2. The van der Waals surface area contributed by atoms with E-state index in [0.717, 1.165) is 48.1 Å². The molecule has 232 valence electrons. The van der Waals surface area contributed by atoms with Crippen LogP contribution in [0.15, 0.2) is 54.1 Å². The first-order valence-electron chi connectivity index (χ1n) is 15.8. The van der Waals surface area contributed by atoms with E-state index in [1.807, 2.05) is 30.3 Å². The molecular weight excluding hydrogens is 540 g/mol. The smallest absolute Gasteiger partial charge is 0.334 e. The summed E-state index contributed by atoms with van der Waals surface area (Å²) in [4.78, 5) is 12.7. The highest BCUT2D eigenvalue weighted by Crippen LogP contribution is 2.34. The van der Waals surface area contributed by atoms with Gasteiger partial charge in [-0.1, -0.05) is 63.3 Å². The number of cyclic esters (lactones) is 1. The quantitative estimate of drug-likeness (QED) is 0.120. The van der Waals surface area contributed by atoms with E-state index in [9.17, 15) is 15.0 Å². The number of rotatable bonds is 13. The molecule has 3 atom stereocenters. The molecule has 2 aliphatic heterocycles. The maximum Gasteiger partial charge on any atom is 0.334 e. The van der Waals surface area contributed by atoms with E-state index < -0.39 is 17.9 Å². The molecule has 0 spiro atoms. The summed E-state index contributed by atoms with van der Waals surface area (Å²) in [5.41, 5.74) is 3.66. The van der Waals surface area contributed by atoms with Crippen molar-refractivity contribution in [2.24, 2.45) is 17.8 Å². The highest BCUT2D eigenvalue weighted by molar-refractivity contribution is 5.91. The zero-order valence-electron chi connectivity index (χ0n) is 26.4. The van der Waals surface area contributed by atoms with Crippen LogP contribution in [0.4, 0.5) is 0 Å². The predicted molar refractivity (Wildman–Crippen MR) is 169 cm³/mol. The molecule has 0 saturated carbocycles. The van der Waals surface area contributed by atoms with Crippen molar-refractivity contribution in [3.63, 3.8) is 0 Å². The Morgan fingerprint density at radius 2 is 1.72 bits per heavy atom. The fourth-order valence-corrected chi connectivity index (χ4v) is 6.02. The Kier molecular flexibility index (Phi) is 11.5. The van der Waals surface area contributed by atoms with E-state index >= 15 is 0 Å². The lowest BCUT2D eigenvalue weighted by atomic mass is 9.86. The van der Waals surface area contributed by atoms with Crippen LogP contribution in [-0.4, -0.2) is 47.4 Å². The Labute approximate surface area is 257 Å². The largest absolute Gasteiger partial charge is 0.490 e. The fraction of sp³-hybridized carbons (Fsp3) is 0.541. The zero-order valence-corrected chi connectivity index (χ0v) is 26.4. The number of hydrogen-bond donors (Lipinski definition) is 2. The molecule has 43 heavy (non-hydrogen) atoms. The van der Waals surface area contributed by atoms with E-state index in [4.69, 9.17) is 14.2 Å². The molecule has 6 heteroatoms. The fourth-order valence-electron chi connectivity index (χ4n) is 6.02. The van der Waals surface area contributed by atoms with E-state index in [0.29, 0.717) is 36.2 Å². The van der Waals surface area contributed by atoms with Crippen LogP contribution in [-0.2, 0) is 20.7 Å². The van der Waals surface area contributed by atoms with Gasteiger partial charge in [-0.2, -0.15) is 0 Å². The average molecular weight is 589 g/mol. The molecule has 1 unspecified atom stereocenters. The van der Waals surface area contributed by atoms with Crippen molar-refractivity contribution >= 4 is 5.97 Å². The number of carbonyl (C=O) groups is 1. The zero-order chi connectivity index (χ0) is 31.0. The van der Waals surface area contributed by atoms with E-state index in [1.54, 1.807) is 0 Å². The van der Waals surface area contributed by atoms with Gasteiger partial charge in [0.15, 0.2) is 11.9 Å². The highest BCUT2D eigenvalue weighted by Gasteiger charge is 2.44. The summed E-state index contributed by atoms with van der Waals surface area (Å²) >= 11 is 0. The van der Waals surface area contributed by atoms with Gasteiger partial charge >= 0.3 is 5.97 Å². The molecule has 2 heterocycles. The summed E-state index contributed by atoms with van der Waals surface area (Å²) in [6, 6.07) is 14.2. The lowest BCUT2D eigenvalue weighted by Crippen LogP contribution is -2.40. The Hall–Kier alpha value is -3.11. The number of hydrogen-bond acceptors (Lipinski definition) is 6. The van der Waals surface area contributed by atoms with Crippen LogP contribution in [0, 0.1) is 36.5 Å². The summed E-state index contributed by atoms with van der Waals surface area (Å²) in [6.07, 6.45) is 5.88. The molecular formula is C37H48O6. The number of aliphatic hydroxyl groups is 2. The molecule has 6 nitrogen and oxygen atoms in total. The number of aliphatic hydroxyl groups excluding tert-OH is 2. The molecule has 0 radical (unpaired) electrons. The van der Waals surface area contributed by atoms with Crippen molar-refractivity contribution < 1.29 is 29.2 Å². The molecule has 4 rings (SSSR count). The first kappa shape index (κ1) is 32.8. The number of fused-ring (bicyclic) bond motifs is 1. The number of benzene rings is 2. The van der Waals surface area contributed by atoms with Gasteiger partial charge in [0.2, 0.25) is 0 Å². The topological polar surface area (TPSA) is 85.2 Å². The summed E-state index contributed by atoms with van der Waals surface area (Å²) in [6.45, 7) is 10.5. The average Bonchev–Trinajstić information content (AvgIpc) is 3.52. The molecule has 2 N–H and O–H groups in total. The number of allylic oxidation sites excluding steroid dienone is 1. The number of aryl methyl sites for hydroxylation is 1. The summed E-state index contributed by atoms with van der Waals surface area (Å²) < 4.78 is 17.4. The lowest BCUT2D eigenvalue weighted by molar-refractivity contribution is -0.178. The monoisotopic (exact) mass is 588 g/mol. The van der Waals surface area contributed by atoms with Crippen LogP contribution in [0.1, 0.15) is 88.5 Å². The molecule has 2 aromatic rings. The Bertz CT molecular complexity index is 1300. The van der Waals surface area contributed by atoms with Crippen LogP contribution in [0.5, 0.6) is 5.75 Å². The van der Waals surface area contributed by atoms with Crippen LogP contribution in [0.3, 0.4) is 0 Å². The molecule has 2 aromatic carbocycles. The van der Waals surface area contributed by atoms with Crippen molar-refractivity contribution in [1.29, 1.82) is 0 Å². The third-order valence-electron chi connectivity index (χ3n) is 8.16. The Balaban J connectivity index is 1.24. The van der Waals surface area contributed by atoms with Gasteiger partial charge in [-0.15, -0.1) is 0 Å². The summed E-state index contributed by atoms with van der Waals surface area (Å²) in [5, 5.41) is 20.7. The van der Waals surface area contributed by atoms with Crippen LogP contribution >= 0.6 is 0 Å². The van der Waals surface area contributed by atoms with Crippen LogP contribution < -0.4 is 4.74 Å². The maximum absolute atomic E-state index is 12.7.